The van der Waals surface area contributed by atoms with Crippen LogP contribution < -0.4 is 0 Å². The number of fused-ring (bicyclic) bond motifs is 5. The normalized spacial score (nSPS) is 16.3. The first kappa shape index (κ1) is 20.2. The zero-order chi connectivity index (χ0) is 22.9. The van der Waals surface area contributed by atoms with Gasteiger partial charge in [0.2, 0.25) is 9.84 Å². The summed E-state index contributed by atoms with van der Waals surface area (Å²) >= 11 is 6.15. The number of sulfone groups is 1. The molecule has 33 heavy (non-hydrogen) atoms. The molecule has 0 N–H and O–H groups in total. The van der Waals surface area contributed by atoms with E-state index in [0.29, 0.717) is 24.7 Å². The Balaban J connectivity index is 1.36. The van der Waals surface area contributed by atoms with E-state index in [1.54, 1.807) is 17.0 Å². The molecule has 3 aromatic carbocycles. The van der Waals surface area contributed by atoms with Gasteiger partial charge >= 0.3 is 0 Å². The summed E-state index contributed by atoms with van der Waals surface area (Å²) in [6, 6.07) is 18.2. The first-order chi connectivity index (χ1) is 15.8. The van der Waals surface area contributed by atoms with Crippen molar-refractivity contribution in [1.29, 1.82) is 0 Å². The highest BCUT2D eigenvalue weighted by Gasteiger charge is 2.35. The Morgan fingerprint density at radius 3 is 2.52 bits per heavy atom. The molecule has 0 aliphatic carbocycles. The summed E-state index contributed by atoms with van der Waals surface area (Å²) in [4.78, 5) is 27.7. The van der Waals surface area contributed by atoms with E-state index in [4.69, 9.17) is 11.6 Å². The summed E-state index contributed by atoms with van der Waals surface area (Å²) in [7, 11) is -3.90. The molecule has 6 rings (SSSR count). The molecular weight excluding hydrogens is 460 g/mol. The maximum absolute atomic E-state index is 13.3. The lowest BCUT2D eigenvalue weighted by Crippen LogP contribution is -2.38. The van der Waals surface area contributed by atoms with Gasteiger partial charge in [-0.3, -0.25) is 9.59 Å². The molecule has 0 unspecified atom stereocenters. The average molecular weight is 477 g/mol. The fourth-order valence-electron chi connectivity index (χ4n) is 4.75. The third-order valence-electron chi connectivity index (χ3n) is 6.37. The first-order valence-electron chi connectivity index (χ1n) is 10.4. The molecule has 0 radical (unpaired) electrons. The van der Waals surface area contributed by atoms with Crippen molar-refractivity contribution in [2.24, 2.45) is 0 Å². The predicted molar refractivity (Wildman–Crippen MR) is 123 cm³/mol. The van der Waals surface area contributed by atoms with E-state index in [9.17, 15) is 18.0 Å². The zero-order valence-electron chi connectivity index (χ0n) is 17.3. The Bertz CT molecular complexity index is 1620. The van der Waals surface area contributed by atoms with E-state index in [-0.39, 0.29) is 38.2 Å². The van der Waals surface area contributed by atoms with Gasteiger partial charge in [0.1, 0.15) is 0 Å². The zero-order valence-corrected chi connectivity index (χ0v) is 18.9. The van der Waals surface area contributed by atoms with Gasteiger partial charge in [0.15, 0.2) is 5.78 Å². The molecule has 1 aromatic heterocycles. The van der Waals surface area contributed by atoms with Crippen LogP contribution in [0.25, 0.3) is 10.9 Å². The maximum atomic E-state index is 13.3. The van der Waals surface area contributed by atoms with Crippen LogP contribution in [0.15, 0.2) is 76.5 Å². The number of hydrogen-bond donors (Lipinski definition) is 0. The third kappa shape index (κ3) is 2.96. The van der Waals surface area contributed by atoms with Crippen LogP contribution in [0.5, 0.6) is 0 Å². The van der Waals surface area contributed by atoms with Gasteiger partial charge in [-0.25, -0.2) is 8.42 Å². The molecule has 6 nitrogen and oxygen atoms in total. The molecule has 164 valence electrons. The van der Waals surface area contributed by atoms with E-state index in [1.807, 2.05) is 24.3 Å². The Labute approximate surface area is 194 Å². The van der Waals surface area contributed by atoms with Crippen LogP contribution in [0.2, 0.25) is 5.02 Å². The molecular formula is C25H17ClN2O4S. The summed E-state index contributed by atoms with van der Waals surface area (Å²) in [5.41, 5.74) is 2.52. The maximum Gasteiger partial charge on any atom is 0.254 e. The average Bonchev–Trinajstić information content (AvgIpc) is 3.19. The Morgan fingerprint density at radius 2 is 1.67 bits per heavy atom. The summed E-state index contributed by atoms with van der Waals surface area (Å²) < 4.78 is 28.5. The monoisotopic (exact) mass is 476 g/mol. The Morgan fingerprint density at radius 1 is 0.879 bits per heavy atom. The molecule has 0 atom stereocenters. The van der Waals surface area contributed by atoms with Gasteiger partial charge in [-0.05, 0) is 48.5 Å². The highest BCUT2D eigenvalue weighted by Crippen LogP contribution is 2.35. The fraction of sp³-hybridized carbons (Fsp3) is 0.120. The van der Waals surface area contributed by atoms with Crippen molar-refractivity contribution in [3.63, 3.8) is 0 Å². The number of amides is 1. The number of rotatable bonds is 1. The number of halogens is 1. The minimum absolute atomic E-state index is 0.0201. The van der Waals surface area contributed by atoms with Crippen LogP contribution in [-0.2, 0) is 22.9 Å². The number of aromatic nitrogens is 1. The van der Waals surface area contributed by atoms with E-state index in [2.05, 4.69) is 4.57 Å². The van der Waals surface area contributed by atoms with Gasteiger partial charge in [-0.2, -0.15) is 0 Å². The van der Waals surface area contributed by atoms with Gasteiger partial charge in [0.05, 0.1) is 16.3 Å². The van der Waals surface area contributed by atoms with Crippen LogP contribution in [0, 0.1) is 0 Å². The predicted octanol–water partition coefficient (Wildman–Crippen LogP) is 4.33. The summed E-state index contributed by atoms with van der Waals surface area (Å²) in [5, 5.41) is 1.72. The van der Waals surface area contributed by atoms with E-state index in [0.717, 1.165) is 16.6 Å². The SMILES string of the molecule is O=C1c2ccccc2S(=O)(=O)c2cc(C(=O)N3CCn4c(cc5ccc(Cl)cc54)C3)ccc21. The number of carbonyl (C=O) groups is 2. The van der Waals surface area contributed by atoms with Crippen LogP contribution in [0.3, 0.4) is 0 Å². The lowest BCUT2D eigenvalue weighted by molar-refractivity contribution is 0.0712. The van der Waals surface area contributed by atoms with Crippen LogP contribution in [0.4, 0.5) is 0 Å². The highest BCUT2D eigenvalue weighted by atomic mass is 35.5. The summed E-state index contributed by atoms with van der Waals surface area (Å²) in [6.07, 6.45) is 0. The molecule has 1 amide bonds. The first-order valence-corrected chi connectivity index (χ1v) is 12.3. The standard InChI is InChI=1S/C25H17ClN2O4S/c26-17-7-5-15-11-18-14-27(9-10-28(18)21(15)13-17)25(30)16-6-8-20-23(12-16)33(31,32)22-4-2-1-3-19(22)24(20)29/h1-8,11-13H,9-10,14H2. The highest BCUT2D eigenvalue weighted by molar-refractivity contribution is 7.91. The molecule has 8 heteroatoms. The number of ketones is 1. The molecule has 0 bridgehead atoms. The van der Waals surface area contributed by atoms with E-state index < -0.39 is 9.84 Å². The lowest BCUT2D eigenvalue weighted by atomic mass is 10.0. The summed E-state index contributed by atoms with van der Waals surface area (Å²) in [6.45, 7) is 1.49. The second-order valence-corrected chi connectivity index (χ2v) is 10.6. The van der Waals surface area contributed by atoms with Crippen LogP contribution in [-0.4, -0.2) is 36.1 Å². The van der Waals surface area contributed by atoms with Gasteiger partial charge in [-0.1, -0.05) is 29.8 Å². The largest absolute Gasteiger partial charge is 0.341 e. The van der Waals surface area contributed by atoms with E-state index in [1.165, 1.54) is 30.3 Å². The minimum atomic E-state index is -3.90. The lowest BCUT2D eigenvalue weighted by Gasteiger charge is -2.29. The van der Waals surface area contributed by atoms with Crippen molar-refractivity contribution in [3.8, 4) is 0 Å². The molecule has 0 fully saturated rings. The van der Waals surface area contributed by atoms with Crippen molar-refractivity contribution < 1.29 is 18.0 Å². The minimum Gasteiger partial charge on any atom is -0.341 e. The van der Waals surface area contributed by atoms with Gasteiger partial charge in [0.25, 0.3) is 5.91 Å². The second-order valence-electron chi connectivity index (χ2n) is 8.26. The van der Waals surface area contributed by atoms with Gasteiger partial charge in [-0.15, -0.1) is 0 Å². The van der Waals surface area contributed by atoms with Crippen LogP contribution in [0.1, 0.15) is 32.0 Å². The van der Waals surface area contributed by atoms with Crippen molar-refractivity contribution >= 4 is 44.0 Å². The smallest absolute Gasteiger partial charge is 0.254 e. The molecule has 3 heterocycles. The Kier molecular flexibility index (Phi) is 4.31. The van der Waals surface area contributed by atoms with Gasteiger partial charge in [0, 0.05) is 51.4 Å². The van der Waals surface area contributed by atoms with Crippen molar-refractivity contribution in [1.82, 2.24) is 9.47 Å². The number of carbonyl (C=O) groups excluding carboxylic acids is 2. The molecule has 0 saturated heterocycles. The molecule has 2 aliphatic heterocycles. The number of benzene rings is 3. The van der Waals surface area contributed by atoms with E-state index >= 15 is 0 Å². The fourth-order valence-corrected chi connectivity index (χ4v) is 6.59. The Hall–Kier alpha value is -3.42. The quantitative estimate of drug-likeness (QED) is 0.361. The van der Waals surface area contributed by atoms with Crippen molar-refractivity contribution in [2.75, 3.05) is 6.54 Å². The molecule has 0 saturated carbocycles. The topological polar surface area (TPSA) is 76.4 Å². The third-order valence-corrected chi connectivity index (χ3v) is 8.46. The van der Waals surface area contributed by atoms with Crippen LogP contribution >= 0.6 is 11.6 Å². The second kappa shape index (κ2) is 7.04. The number of nitrogens with zero attached hydrogens (tertiary/aromatic N) is 2. The van der Waals surface area contributed by atoms with Gasteiger partial charge < -0.3 is 9.47 Å². The van der Waals surface area contributed by atoms with Crippen molar-refractivity contribution in [3.05, 3.63) is 94.1 Å². The molecule has 4 aromatic rings. The molecule has 0 spiro atoms. The summed E-state index contributed by atoms with van der Waals surface area (Å²) in [5.74, 6) is -0.621. The molecule has 2 aliphatic rings. The van der Waals surface area contributed by atoms with Crippen molar-refractivity contribution in [2.45, 2.75) is 22.9 Å². The number of hydrogen-bond acceptors (Lipinski definition) is 4.